The van der Waals surface area contributed by atoms with Crippen molar-refractivity contribution >= 4 is 17.7 Å². The van der Waals surface area contributed by atoms with Gasteiger partial charge in [-0.3, -0.25) is 4.90 Å². The van der Waals surface area contributed by atoms with Crippen LogP contribution in [0.5, 0.6) is 11.5 Å². The summed E-state index contributed by atoms with van der Waals surface area (Å²) in [6.45, 7) is 7.26. The molecule has 33 heavy (non-hydrogen) atoms. The van der Waals surface area contributed by atoms with Gasteiger partial charge in [-0.1, -0.05) is 12.1 Å². The number of carbonyl (C=O) groups excluding carboxylic acids is 1. The van der Waals surface area contributed by atoms with Gasteiger partial charge in [-0.05, 0) is 68.5 Å². The number of methoxy groups -OCH3 is 1. The SMILES string of the molecule is CCN(C(=O)n1nnn(-c2ccccc2OC)c1=O)c1cc(C(=O)O)ccc1OC(C)(C)C. The van der Waals surface area contributed by atoms with Crippen molar-refractivity contribution in [2.24, 2.45) is 0 Å². The van der Waals surface area contributed by atoms with Crippen molar-refractivity contribution in [2.75, 3.05) is 18.6 Å². The number of carboxylic acids is 1. The summed E-state index contributed by atoms with van der Waals surface area (Å²) < 4.78 is 12.7. The van der Waals surface area contributed by atoms with E-state index in [9.17, 15) is 19.5 Å². The van der Waals surface area contributed by atoms with E-state index in [1.54, 1.807) is 31.2 Å². The van der Waals surface area contributed by atoms with Crippen LogP contribution in [0.1, 0.15) is 38.1 Å². The van der Waals surface area contributed by atoms with Crippen LogP contribution in [0.25, 0.3) is 5.69 Å². The molecule has 0 saturated heterocycles. The molecule has 0 unspecified atom stereocenters. The van der Waals surface area contributed by atoms with Crippen LogP contribution >= 0.6 is 0 Å². The minimum absolute atomic E-state index is 0.0393. The van der Waals surface area contributed by atoms with Gasteiger partial charge >= 0.3 is 17.7 Å². The predicted molar refractivity (Wildman–Crippen MR) is 120 cm³/mol. The lowest BCUT2D eigenvalue weighted by atomic mass is 10.1. The second kappa shape index (κ2) is 9.15. The highest BCUT2D eigenvalue weighted by Crippen LogP contribution is 2.33. The Morgan fingerprint density at radius 3 is 2.39 bits per heavy atom. The van der Waals surface area contributed by atoms with Crippen molar-refractivity contribution < 1.29 is 24.2 Å². The number of nitrogens with zero attached hydrogens (tertiary/aromatic N) is 5. The fourth-order valence-electron chi connectivity index (χ4n) is 3.12. The first kappa shape index (κ1) is 23.5. The number of tetrazole rings is 1. The number of rotatable bonds is 6. The summed E-state index contributed by atoms with van der Waals surface area (Å²) in [6.07, 6.45) is 0. The van der Waals surface area contributed by atoms with E-state index in [2.05, 4.69) is 10.4 Å². The number of amides is 1. The molecule has 0 saturated carbocycles. The third kappa shape index (κ3) is 4.86. The molecule has 0 aliphatic carbocycles. The molecule has 3 rings (SSSR count). The molecule has 0 spiro atoms. The summed E-state index contributed by atoms with van der Waals surface area (Å²) in [7, 11) is 1.45. The van der Waals surface area contributed by atoms with E-state index in [1.807, 2.05) is 20.8 Å². The van der Waals surface area contributed by atoms with E-state index in [4.69, 9.17) is 9.47 Å². The molecule has 11 heteroatoms. The number of anilines is 1. The predicted octanol–water partition coefficient (Wildman–Crippen LogP) is 2.81. The second-order valence-electron chi connectivity index (χ2n) is 7.99. The Kier molecular flexibility index (Phi) is 6.52. The number of aromatic nitrogens is 4. The zero-order valence-corrected chi connectivity index (χ0v) is 19.0. The molecule has 0 radical (unpaired) electrons. The maximum Gasteiger partial charge on any atom is 0.377 e. The maximum absolute atomic E-state index is 13.3. The number of hydrogen-bond acceptors (Lipinski definition) is 7. The van der Waals surface area contributed by atoms with Crippen LogP contribution in [0.4, 0.5) is 10.5 Å². The highest BCUT2D eigenvalue weighted by atomic mass is 16.5. The lowest BCUT2D eigenvalue weighted by molar-refractivity contribution is 0.0696. The Hall–Kier alpha value is -4.15. The number of carbonyl (C=O) groups is 2. The molecular formula is C22H25N5O6. The van der Waals surface area contributed by atoms with Gasteiger partial charge in [-0.25, -0.2) is 14.4 Å². The fraction of sp³-hybridized carbons (Fsp3) is 0.318. The van der Waals surface area contributed by atoms with E-state index in [0.717, 1.165) is 4.68 Å². The van der Waals surface area contributed by atoms with Crippen LogP contribution in [-0.4, -0.2) is 56.2 Å². The number of carboxylic acid groups (broad SMARTS) is 1. The zero-order chi connectivity index (χ0) is 24.3. The molecule has 3 aromatic rings. The van der Waals surface area contributed by atoms with Gasteiger partial charge < -0.3 is 14.6 Å². The Balaban J connectivity index is 2.09. The van der Waals surface area contributed by atoms with Crippen LogP contribution in [0.15, 0.2) is 47.3 Å². The monoisotopic (exact) mass is 455 g/mol. The third-order valence-corrected chi connectivity index (χ3v) is 4.54. The van der Waals surface area contributed by atoms with E-state index in [1.165, 1.54) is 30.2 Å². The Morgan fingerprint density at radius 1 is 1.09 bits per heavy atom. The average molecular weight is 455 g/mol. The summed E-state index contributed by atoms with van der Waals surface area (Å²) in [6, 6.07) is 10.0. The fourth-order valence-corrected chi connectivity index (χ4v) is 3.12. The van der Waals surface area contributed by atoms with E-state index < -0.39 is 23.3 Å². The van der Waals surface area contributed by atoms with Crippen LogP contribution in [-0.2, 0) is 0 Å². The molecule has 1 amide bonds. The van der Waals surface area contributed by atoms with E-state index in [-0.39, 0.29) is 23.5 Å². The number of hydrogen-bond donors (Lipinski definition) is 1. The molecule has 1 N–H and O–H groups in total. The van der Waals surface area contributed by atoms with Crippen molar-refractivity contribution in [1.29, 1.82) is 0 Å². The molecule has 0 aliphatic rings. The van der Waals surface area contributed by atoms with Crippen molar-refractivity contribution in [3.8, 4) is 17.2 Å². The average Bonchev–Trinajstić information content (AvgIpc) is 3.15. The molecule has 0 bridgehead atoms. The van der Waals surface area contributed by atoms with Crippen LogP contribution in [0.3, 0.4) is 0 Å². The van der Waals surface area contributed by atoms with Gasteiger partial charge in [0.15, 0.2) is 0 Å². The minimum atomic E-state index is -1.17. The molecule has 11 nitrogen and oxygen atoms in total. The molecule has 2 aromatic carbocycles. The summed E-state index contributed by atoms with van der Waals surface area (Å²) in [5.41, 5.74) is -0.961. The topological polar surface area (TPSA) is 129 Å². The highest BCUT2D eigenvalue weighted by molar-refractivity contribution is 5.97. The lowest BCUT2D eigenvalue weighted by Gasteiger charge is -2.27. The first-order chi connectivity index (χ1) is 15.6. The summed E-state index contributed by atoms with van der Waals surface area (Å²) >= 11 is 0. The summed E-state index contributed by atoms with van der Waals surface area (Å²) in [5, 5.41) is 17.0. The Bertz CT molecular complexity index is 1240. The minimum Gasteiger partial charge on any atom is -0.494 e. The zero-order valence-electron chi connectivity index (χ0n) is 19.0. The van der Waals surface area contributed by atoms with Crippen LogP contribution in [0.2, 0.25) is 0 Å². The normalized spacial score (nSPS) is 11.2. The number of ether oxygens (including phenoxy) is 2. The van der Waals surface area contributed by atoms with Gasteiger partial charge in [-0.15, -0.1) is 4.68 Å². The molecule has 174 valence electrons. The number of benzene rings is 2. The molecule has 0 atom stereocenters. The largest absolute Gasteiger partial charge is 0.494 e. The van der Waals surface area contributed by atoms with Gasteiger partial charge in [0.05, 0.1) is 18.4 Å². The van der Waals surface area contributed by atoms with Crippen molar-refractivity contribution in [3.63, 3.8) is 0 Å². The molecule has 1 heterocycles. The van der Waals surface area contributed by atoms with Crippen LogP contribution in [0, 0.1) is 0 Å². The molecule has 0 fully saturated rings. The molecule has 0 aliphatic heterocycles. The first-order valence-corrected chi connectivity index (χ1v) is 10.1. The van der Waals surface area contributed by atoms with Crippen molar-refractivity contribution in [2.45, 2.75) is 33.3 Å². The standard InChI is InChI=1S/C22H25N5O6/c1-6-25(16-13-14(19(28)29)11-12-18(16)33-22(2,3)4)20(30)27-21(31)26(23-24-27)15-9-7-8-10-17(15)32-5/h7-13H,6H2,1-5H3,(H,28,29). The molecular weight excluding hydrogens is 430 g/mol. The van der Waals surface area contributed by atoms with Gasteiger partial charge in [0.25, 0.3) is 0 Å². The Morgan fingerprint density at radius 2 is 1.79 bits per heavy atom. The van der Waals surface area contributed by atoms with Gasteiger partial charge in [0.2, 0.25) is 0 Å². The number of aromatic carboxylic acids is 1. The Labute approximate surface area is 189 Å². The number of para-hydroxylation sites is 2. The van der Waals surface area contributed by atoms with Crippen LogP contribution < -0.4 is 20.1 Å². The lowest BCUT2D eigenvalue weighted by Crippen LogP contribution is -2.41. The first-order valence-electron chi connectivity index (χ1n) is 10.1. The smallest absolute Gasteiger partial charge is 0.377 e. The molecule has 1 aromatic heterocycles. The van der Waals surface area contributed by atoms with Gasteiger partial charge in [0.1, 0.15) is 22.8 Å². The second-order valence-corrected chi connectivity index (χ2v) is 7.99. The van der Waals surface area contributed by atoms with Gasteiger partial charge in [-0.2, -0.15) is 4.68 Å². The summed E-state index contributed by atoms with van der Waals surface area (Å²) in [5.74, 6) is -0.504. The summed E-state index contributed by atoms with van der Waals surface area (Å²) in [4.78, 5) is 39.1. The van der Waals surface area contributed by atoms with Gasteiger partial charge in [0, 0.05) is 6.54 Å². The van der Waals surface area contributed by atoms with Crippen molar-refractivity contribution in [3.05, 3.63) is 58.5 Å². The third-order valence-electron chi connectivity index (χ3n) is 4.54. The maximum atomic E-state index is 13.3. The van der Waals surface area contributed by atoms with Crippen molar-refractivity contribution in [1.82, 2.24) is 19.8 Å². The quantitative estimate of drug-likeness (QED) is 0.562. The van der Waals surface area contributed by atoms with E-state index in [0.29, 0.717) is 16.1 Å². The van der Waals surface area contributed by atoms with E-state index >= 15 is 0 Å². The highest BCUT2D eigenvalue weighted by Gasteiger charge is 2.27.